The number of aryl methyl sites for hydroxylation is 1. The lowest BCUT2D eigenvalue weighted by molar-refractivity contribution is -0.113. The maximum Gasteiger partial charge on any atom is 0.341 e. The van der Waals surface area contributed by atoms with Gasteiger partial charge in [-0.2, -0.15) is 0 Å². The molecule has 0 aliphatic heterocycles. The van der Waals surface area contributed by atoms with Gasteiger partial charge in [0.15, 0.2) is 5.16 Å². The third kappa shape index (κ3) is 4.80. The molecule has 0 unspecified atom stereocenters. The number of carbonyl (C=O) groups excluding carboxylic acids is 2. The van der Waals surface area contributed by atoms with Crippen LogP contribution >= 0.6 is 34.7 Å². The first-order valence-corrected chi connectivity index (χ1v) is 11.3. The van der Waals surface area contributed by atoms with Gasteiger partial charge in [0, 0.05) is 23.6 Å². The highest BCUT2D eigenvalue weighted by molar-refractivity contribution is 7.99. The minimum atomic E-state index is -0.460. The third-order valence-corrected chi connectivity index (χ3v) is 6.89. The summed E-state index contributed by atoms with van der Waals surface area (Å²) in [6, 6.07) is 5.51. The van der Waals surface area contributed by atoms with Crippen LogP contribution in [0.2, 0.25) is 5.02 Å². The molecule has 0 aliphatic carbocycles. The molecule has 1 amide bonds. The number of hydrogen-bond donors (Lipinski definition) is 1. The fraction of sp³-hybridized carbons (Fsp3) is 0.350. The maximum atomic E-state index is 12.6. The van der Waals surface area contributed by atoms with E-state index in [0.717, 1.165) is 21.5 Å². The molecule has 0 atom stereocenters. The number of nitrogens with one attached hydrogen (secondary N) is 1. The van der Waals surface area contributed by atoms with Crippen LogP contribution in [0.3, 0.4) is 0 Å². The van der Waals surface area contributed by atoms with E-state index >= 15 is 0 Å². The highest BCUT2D eigenvalue weighted by Crippen LogP contribution is 2.33. The number of imidazole rings is 1. The number of hydrogen-bond acceptors (Lipinski definition) is 7. The minimum Gasteiger partial charge on any atom is -0.465 e. The minimum absolute atomic E-state index is 0.140. The number of fused-ring (bicyclic) bond motifs is 1. The quantitative estimate of drug-likeness (QED) is 0.387. The number of aromatic nitrogens is 2. The van der Waals surface area contributed by atoms with Crippen LogP contribution in [0.4, 0.5) is 5.00 Å². The molecule has 0 saturated carbocycles. The maximum absolute atomic E-state index is 12.6. The van der Waals surface area contributed by atoms with Gasteiger partial charge < -0.3 is 19.4 Å². The Kier molecular flexibility index (Phi) is 7.41. The van der Waals surface area contributed by atoms with Crippen LogP contribution in [0, 0.1) is 13.8 Å². The van der Waals surface area contributed by atoms with Crippen molar-refractivity contribution in [3.05, 3.63) is 39.2 Å². The smallest absolute Gasteiger partial charge is 0.341 e. The van der Waals surface area contributed by atoms with Crippen molar-refractivity contribution in [2.24, 2.45) is 0 Å². The van der Waals surface area contributed by atoms with E-state index in [2.05, 4.69) is 10.3 Å². The van der Waals surface area contributed by atoms with E-state index in [-0.39, 0.29) is 11.7 Å². The van der Waals surface area contributed by atoms with Gasteiger partial charge in [-0.25, -0.2) is 9.78 Å². The van der Waals surface area contributed by atoms with Gasteiger partial charge >= 0.3 is 5.97 Å². The van der Waals surface area contributed by atoms with Crippen molar-refractivity contribution in [2.75, 3.05) is 31.9 Å². The van der Waals surface area contributed by atoms with Crippen molar-refractivity contribution in [3.63, 3.8) is 0 Å². The standard InChI is InChI=1S/C20H22ClN3O4S2/c1-11-12(2)30-18(17(11)19(26)28-4)23-16(25)10-29-20-22-14-9-13(21)5-6-15(14)24(20)7-8-27-3/h5-6,9H,7-8,10H2,1-4H3,(H,23,25). The Balaban J connectivity index is 1.77. The Labute approximate surface area is 187 Å². The lowest BCUT2D eigenvalue weighted by Gasteiger charge is -2.09. The molecule has 2 heterocycles. The average molecular weight is 468 g/mol. The Morgan fingerprint density at radius 1 is 1.30 bits per heavy atom. The summed E-state index contributed by atoms with van der Waals surface area (Å²) in [4.78, 5) is 30.3. The highest BCUT2D eigenvalue weighted by Gasteiger charge is 2.22. The summed E-state index contributed by atoms with van der Waals surface area (Å²) in [7, 11) is 2.97. The monoisotopic (exact) mass is 467 g/mol. The van der Waals surface area contributed by atoms with Crippen molar-refractivity contribution < 1.29 is 19.1 Å². The molecule has 0 radical (unpaired) electrons. The number of anilines is 1. The number of halogens is 1. The molecule has 30 heavy (non-hydrogen) atoms. The van der Waals surface area contributed by atoms with Gasteiger partial charge in [-0.15, -0.1) is 11.3 Å². The largest absolute Gasteiger partial charge is 0.465 e. The summed E-state index contributed by atoms with van der Waals surface area (Å²) in [5, 5.41) is 4.64. The number of ether oxygens (including phenoxy) is 2. The summed E-state index contributed by atoms with van der Waals surface area (Å²) < 4.78 is 12.1. The Hall–Kier alpha value is -2.07. The predicted molar refractivity (Wildman–Crippen MR) is 121 cm³/mol. The van der Waals surface area contributed by atoms with Crippen LogP contribution in [0.25, 0.3) is 11.0 Å². The fourth-order valence-electron chi connectivity index (χ4n) is 2.95. The average Bonchev–Trinajstić information content (AvgIpc) is 3.20. The first-order valence-electron chi connectivity index (χ1n) is 9.11. The van der Waals surface area contributed by atoms with E-state index in [9.17, 15) is 9.59 Å². The molecular weight excluding hydrogens is 446 g/mol. The highest BCUT2D eigenvalue weighted by atomic mass is 35.5. The van der Waals surface area contributed by atoms with Gasteiger partial charge in [-0.05, 0) is 37.6 Å². The number of methoxy groups -OCH3 is 2. The number of thiophene rings is 1. The SMILES string of the molecule is COCCn1c(SCC(=O)Nc2sc(C)c(C)c2C(=O)OC)nc2cc(Cl)ccc21. The molecule has 1 aromatic carbocycles. The molecular formula is C20H22ClN3O4S2. The second-order valence-electron chi connectivity index (χ2n) is 6.49. The molecule has 0 aliphatic rings. The zero-order chi connectivity index (χ0) is 21.8. The summed E-state index contributed by atoms with van der Waals surface area (Å²) >= 11 is 8.77. The third-order valence-electron chi connectivity index (χ3n) is 4.55. The van der Waals surface area contributed by atoms with E-state index in [1.807, 2.05) is 30.5 Å². The molecule has 0 saturated heterocycles. The van der Waals surface area contributed by atoms with Gasteiger partial charge in [0.2, 0.25) is 5.91 Å². The normalized spacial score (nSPS) is 11.1. The lowest BCUT2D eigenvalue weighted by Crippen LogP contribution is -2.16. The number of nitrogens with zero attached hydrogens (tertiary/aromatic N) is 2. The van der Waals surface area contributed by atoms with Crippen LogP contribution in [0.15, 0.2) is 23.4 Å². The molecule has 0 spiro atoms. The molecule has 1 N–H and O–H groups in total. The molecule has 160 valence electrons. The number of carbonyl (C=O) groups is 2. The van der Waals surface area contributed by atoms with E-state index in [4.69, 9.17) is 21.1 Å². The fourth-order valence-corrected chi connectivity index (χ4v) is 5.02. The zero-order valence-electron chi connectivity index (χ0n) is 17.1. The van der Waals surface area contributed by atoms with Crippen LogP contribution in [0.1, 0.15) is 20.8 Å². The number of thioether (sulfide) groups is 1. The van der Waals surface area contributed by atoms with E-state index in [1.165, 1.54) is 30.2 Å². The van der Waals surface area contributed by atoms with Crippen LogP contribution in [-0.2, 0) is 20.8 Å². The van der Waals surface area contributed by atoms with Crippen LogP contribution in [-0.4, -0.2) is 48.0 Å². The van der Waals surface area contributed by atoms with E-state index < -0.39 is 5.97 Å². The molecule has 3 rings (SSSR count). The van der Waals surface area contributed by atoms with Gasteiger partial charge in [0.1, 0.15) is 5.00 Å². The lowest BCUT2D eigenvalue weighted by atomic mass is 10.1. The van der Waals surface area contributed by atoms with Crippen molar-refractivity contribution in [2.45, 2.75) is 25.5 Å². The number of amides is 1. The second-order valence-corrected chi connectivity index (χ2v) is 9.09. The summed E-state index contributed by atoms with van der Waals surface area (Å²) in [5.74, 6) is -0.548. The van der Waals surface area contributed by atoms with Crippen molar-refractivity contribution in [1.29, 1.82) is 0 Å². The molecule has 0 bridgehead atoms. The van der Waals surface area contributed by atoms with Gasteiger partial charge in [-0.1, -0.05) is 23.4 Å². The van der Waals surface area contributed by atoms with Crippen molar-refractivity contribution in [1.82, 2.24) is 9.55 Å². The van der Waals surface area contributed by atoms with Crippen molar-refractivity contribution >= 4 is 62.6 Å². The summed E-state index contributed by atoms with van der Waals surface area (Å²) in [6.07, 6.45) is 0. The molecule has 0 fully saturated rings. The molecule has 7 nitrogen and oxygen atoms in total. The number of benzene rings is 1. The zero-order valence-corrected chi connectivity index (χ0v) is 19.5. The molecule has 2 aromatic heterocycles. The molecule has 3 aromatic rings. The topological polar surface area (TPSA) is 82.5 Å². The Bertz CT molecular complexity index is 1090. The second kappa shape index (κ2) is 9.82. The summed E-state index contributed by atoms with van der Waals surface area (Å²) in [6.45, 7) is 4.87. The van der Waals surface area contributed by atoms with Gasteiger partial charge in [0.25, 0.3) is 0 Å². The van der Waals surface area contributed by atoms with Crippen molar-refractivity contribution in [3.8, 4) is 0 Å². The van der Waals surface area contributed by atoms with E-state index in [1.54, 1.807) is 13.2 Å². The first kappa shape index (κ1) is 22.6. The number of rotatable bonds is 8. The Morgan fingerprint density at radius 2 is 2.07 bits per heavy atom. The van der Waals surface area contributed by atoms with Crippen LogP contribution in [0.5, 0.6) is 0 Å². The van der Waals surface area contributed by atoms with E-state index in [0.29, 0.717) is 33.9 Å². The predicted octanol–water partition coefficient (Wildman–Crippen LogP) is 4.53. The summed E-state index contributed by atoms with van der Waals surface area (Å²) in [5.41, 5.74) is 2.91. The van der Waals surface area contributed by atoms with Crippen LogP contribution < -0.4 is 5.32 Å². The van der Waals surface area contributed by atoms with Gasteiger partial charge in [0.05, 0.1) is 36.1 Å². The first-order chi connectivity index (χ1) is 14.3. The number of esters is 1. The van der Waals surface area contributed by atoms with Gasteiger partial charge in [-0.3, -0.25) is 4.79 Å². The Morgan fingerprint density at radius 3 is 2.77 bits per heavy atom. The molecule has 10 heteroatoms.